The van der Waals surface area contributed by atoms with Crippen LogP contribution in [0.4, 0.5) is 0 Å². The fraction of sp³-hybridized carbons (Fsp3) is 0.429. The highest BCUT2D eigenvalue weighted by atomic mass is 16.3. The van der Waals surface area contributed by atoms with Crippen LogP contribution in [0.2, 0.25) is 0 Å². The maximum absolute atomic E-state index is 12.5. The number of carbonyl (C=O) groups is 2. The SMILES string of the molecule is CC(C)C(NC(=O)c1ccc(C(C)(C)C)cc1)C(=O)NCc1ccco1. The molecule has 0 aliphatic rings. The molecule has 0 aliphatic heterocycles. The number of hydrogen-bond acceptors (Lipinski definition) is 3. The molecule has 26 heavy (non-hydrogen) atoms. The molecule has 5 nitrogen and oxygen atoms in total. The van der Waals surface area contributed by atoms with Gasteiger partial charge in [0, 0.05) is 5.56 Å². The zero-order chi connectivity index (χ0) is 19.3. The van der Waals surface area contributed by atoms with Crippen LogP contribution in [0.3, 0.4) is 0 Å². The van der Waals surface area contributed by atoms with Crippen molar-refractivity contribution in [2.45, 2.75) is 52.6 Å². The summed E-state index contributed by atoms with van der Waals surface area (Å²) in [5, 5.41) is 5.64. The average Bonchev–Trinajstić information content (AvgIpc) is 3.10. The van der Waals surface area contributed by atoms with Crippen LogP contribution in [0.1, 0.15) is 56.3 Å². The third-order valence-electron chi connectivity index (χ3n) is 4.27. The standard InChI is InChI=1S/C21H28N2O3/c1-14(2)18(20(25)22-13-17-7-6-12-26-17)23-19(24)15-8-10-16(11-9-15)21(3,4)5/h6-12,14,18H,13H2,1-5H3,(H,22,25)(H,23,24). The first kappa shape index (κ1) is 19.8. The van der Waals surface area contributed by atoms with Crippen molar-refractivity contribution in [1.82, 2.24) is 10.6 Å². The zero-order valence-electron chi connectivity index (χ0n) is 16.1. The van der Waals surface area contributed by atoms with Gasteiger partial charge < -0.3 is 15.1 Å². The van der Waals surface area contributed by atoms with Crippen LogP contribution in [-0.4, -0.2) is 17.9 Å². The maximum Gasteiger partial charge on any atom is 0.251 e. The molecule has 0 fully saturated rings. The minimum absolute atomic E-state index is 0.0290. The van der Waals surface area contributed by atoms with Gasteiger partial charge in [0.2, 0.25) is 5.91 Å². The zero-order valence-corrected chi connectivity index (χ0v) is 16.1. The number of benzene rings is 1. The molecular weight excluding hydrogens is 328 g/mol. The van der Waals surface area contributed by atoms with E-state index in [2.05, 4.69) is 31.4 Å². The fourth-order valence-corrected chi connectivity index (χ4v) is 2.58. The molecule has 0 saturated heterocycles. The number of hydrogen-bond donors (Lipinski definition) is 2. The van der Waals surface area contributed by atoms with E-state index in [0.717, 1.165) is 5.56 Å². The minimum atomic E-state index is -0.611. The lowest BCUT2D eigenvalue weighted by atomic mass is 9.86. The molecule has 5 heteroatoms. The number of carbonyl (C=O) groups excluding carboxylic acids is 2. The lowest BCUT2D eigenvalue weighted by molar-refractivity contribution is -0.124. The Kier molecular flexibility index (Phi) is 6.24. The molecule has 0 radical (unpaired) electrons. The van der Waals surface area contributed by atoms with Crippen molar-refractivity contribution in [3.05, 3.63) is 59.5 Å². The van der Waals surface area contributed by atoms with E-state index < -0.39 is 6.04 Å². The molecule has 1 heterocycles. The average molecular weight is 356 g/mol. The van der Waals surface area contributed by atoms with Crippen LogP contribution in [-0.2, 0) is 16.8 Å². The molecule has 2 aromatic rings. The van der Waals surface area contributed by atoms with Crippen LogP contribution in [0.5, 0.6) is 0 Å². The van der Waals surface area contributed by atoms with Gasteiger partial charge >= 0.3 is 0 Å². The molecule has 2 N–H and O–H groups in total. The second-order valence-electron chi connectivity index (χ2n) is 7.82. The highest BCUT2D eigenvalue weighted by Gasteiger charge is 2.25. The van der Waals surface area contributed by atoms with Crippen molar-refractivity contribution < 1.29 is 14.0 Å². The molecule has 2 rings (SSSR count). The smallest absolute Gasteiger partial charge is 0.251 e. The number of amides is 2. The molecule has 0 aliphatic carbocycles. The Hall–Kier alpha value is -2.56. The van der Waals surface area contributed by atoms with Gasteiger partial charge in [0.25, 0.3) is 5.91 Å². The summed E-state index contributed by atoms with van der Waals surface area (Å²) in [5.74, 6) is 0.155. The van der Waals surface area contributed by atoms with Crippen molar-refractivity contribution in [3.8, 4) is 0 Å². The van der Waals surface area contributed by atoms with Gasteiger partial charge in [-0.3, -0.25) is 9.59 Å². The second-order valence-corrected chi connectivity index (χ2v) is 7.82. The fourth-order valence-electron chi connectivity index (χ4n) is 2.58. The van der Waals surface area contributed by atoms with Crippen molar-refractivity contribution in [2.75, 3.05) is 0 Å². The van der Waals surface area contributed by atoms with E-state index in [1.807, 2.05) is 26.0 Å². The summed E-state index contributed by atoms with van der Waals surface area (Å²) < 4.78 is 5.21. The Morgan fingerprint density at radius 3 is 2.23 bits per heavy atom. The molecule has 1 unspecified atom stereocenters. The Morgan fingerprint density at radius 2 is 1.73 bits per heavy atom. The summed E-state index contributed by atoms with van der Waals surface area (Å²) in [6.07, 6.45) is 1.56. The lowest BCUT2D eigenvalue weighted by Gasteiger charge is -2.22. The first-order valence-corrected chi connectivity index (χ1v) is 8.90. The molecule has 140 valence electrons. The van der Waals surface area contributed by atoms with Gasteiger partial charge in [-0.2, -0.15) is 0 Å². The summed E-state index contributed by atoms with van der Waals surface area (Å²) in [7, 11) is 0. The third-order valence-corrected chi connectivity index (χ3v) is 4.27. The van der Waals surface area contributed by atoms with Gasteiger partial charge in [-0.25, -0.2) is 0 Å². The van der Waals surface area contributed by atoms with E-state index in [-0.39, 0.29) is 23.1 Å². The molecule has 1 aromatic heterocycles. The highest BCUT2D eigenvalue weighted by molar-refractivity contribution is 5.97. The van der Waals surface area contributed by atoms with Crippen molar-refractivity contribution >= 4 is 11.8 Å². The van der Waals surface area contributed by atoms with E-state index in [1.54, 1.807) is 30.5 Å². The summed E-state index contributed by atoms with van der Waals surface area (Å²) in [4.78, 5) is 25.0. The number of furan rings is 1. The van der Waals surface area contributed by atoms with Crippen molar-refractivity contribution in [1.29, 1.82) is 0 Å². The predicted octanol–water partition coefficient (Wildman–Crippen LogP) is 3.65. The molecular formula is C21H28N2O3. The maximum atomic E-state index is 12.5. The normalized spacial score (nSPS) is 12.7. The molecule has 2 amide bonds. The monoisotopic (exact) mass is 356 g/mol. The largest absolute Gasteiger partial charge is 0.467 e. The summed E-state index contributed by atoms with van der Waals surface area (Å²) in [6.45, 7) is 10.5. The summed E-state index contributed by atoms with van der Waals surface area (Å²) in [6, 6.07) is 10.5. The van der Waals surface area contributed by atoms with Gasteiger partial charge in [-0.1, -0.05) is 46.8 Å². The van der Waals surface area contributed by atoms with Gasteiger partial charge in [-0.15, -0.1) is 0 Å². The minimum Gasteiger partial charge on any atom is -0.467 e. The summed E-state index contributed by atoms with van der Waals surface area (Å²) >= 11 is 0. The Bertz CT molecular complexity index is 726. The Labute approximate surface area is 155 Å². The first-order chi connectivity index (χ1) is 12.2. The predicted molar refractivity (Wildman–Crippen MR) is 102 cm³/mol. The summed E-state index contributed by atoms with van der Waals surface area (Å²) in [5.41, 5.74) is 1.73. The molecule has 1 atom stereocenters. The van der Waals surface area contributed by atoms with E-state index in [1.165, 1.54) is 0 Å². The second kappa shape index (κ2) is 8.21. The van der Waals surface area contributed by atoms with Gasteiger partial charge in [0.1, 0.15) is 11.8 Å². The lowest BCUT2D eigenvalue weighted by Crippen LogP contribution is -2.49. The molecule has 1 aromatic carbocycles. The van der Waals surface area contributed by atoms with Crippen LogP contribution < -0.4 is 10.6 Å². The number of nitrogens with one attached hydrogen (secondary N) is 2. The van der Waals surface area contributed by atoms with E-state index in [0.29, 0.717) is 17.9 Å². The van der Waals surface area contributed by atoms with E-state index >= 15 is 0 Å². The first-order valence-electron chi connectivity index (χ1n) is 8.90. The van der Waals surface area contributed by atoms with Gasteiger partial charge in [-0.05, 0) is 41.2 Å². The highest BCUT2D eigenvalue weighted by Crippen LogP contribution is 2.22. The Balaban J connectivity index is 2.01. The molecule has 0 spiro atoms. The van der Waals surface area contributed by atoms with Crippen LogP contribution >= 0.6 is 0 Å². The van der Waals surface area contributed by atoms with Crippen LogP contribution in [0.25, 0.3) is 0 Å². The van der Waals surface area contributed by atoms with E-state index in [9.17, 15) is 9.59 Å². The Morgan fingerprint density at radius 1 is 1.08 bits per heavy atom. The number of rotatable bonds is 6. The van der Waals surface area contributed by atoms with Gasteiger partial charge in [0.05, 0.1) is 12.8 Å². The van der Waals surface area contributed by atoms with Crippen molar-refractivity contribution in [2.24, 2.45) is 5.92 Å². The topological polar surface area (TPSA) is 71.3 Å². The third kappa shape index (κ3) is 5.22. The van der Waals surface area contributed by atoms with E-state index in [4.69, 9.17) is 4.42 Å². The van der Waals surface area contributed by atoms with Crippen molar-refractivity contribution in [3.63, 3.8) is 0 Å². The molecule has 0 bridgehead atoms. The van der Waals surface area contributed by atoms with Gasteiger partial charge in [0.15, 0.2) is 0 Å². The molecule has 0 saturated carbocycles. The van der Waals surface area contributed by atoms with Crippen LogP contribution in [0, 0.1) is 5.92 Å². The van der Waals surface area contributed by atoms with Crippen LogP contribution in [0.15, 0.2) is 47.1 Å². The quantitative estimate of drug-likeness (QED) is 0.830.